The second-order valence-electron chi connectivity index (χ2n) is 6.94. The smallest absolute Gasteiger partial charge is 0.279 e. The number of carbonyl (C=O) groups excluding carboxylic acids is 3. The number of hydrogen-bond donors (Lipinski definition) is 0. The highest BCUT2D eigenvalue weighted by molar-refractivity contribution is 7.16. The summed E-state index contributed by atoms with van der Waals surface area (Å²) in [5.74, 6) is 2.77. The molecule has 0 spiro atoms. The molecule has 1 fully saturated rings. The first-order valence-corrected chi connectivity index (χ1v) is 10.3. The van der Waals surface area contributed by atoms with Crippen molar-refractivity contribution in [2.24, 2.45) is 4.99 Å². The van der Waals surface area contributed by atoms with Crippen molar-refractivity contribution in [2.75, 3.05) is 11.7 Å². The molecule has 0 aliphatic carbocycles. The van der Waals surface area contributed by atoms with E-state index in [1.807, 2.05) is 12.1 Å². The minimum absolute atomic E-state index is 0.163. The Kier molecular flexibility index (Phi) is 4.56. The lowest BCUT2D eigenvalue weighted by molar-refractivity contribution is -0.121. The van der Waals surface area contributed by atoms with Gasteiger partial charge in [-0.05, 0) is 18.2 Å². The van der Waals surface area contributed by atoms with Gasteiger partial charge in [-0.2, -0.15) is 4.99 Å². The van der Waals surface area contributed by atoms with Crippen LogP contribution in [0.2, 0.25) is 0 Å². The Labute approximate surface area is 180 Å². The fourth-order valence-electron chi connectivity index (χ4n) is 3.58. The van der Waals surface area contributed by atoms with Crippen molar-refractivity contribution in [3.63, 3.8) is 0 Å². The van der Waals surface area contributed by atoms with E-state index in [2.05, 4.69) is 10.9 Å². The number of carbonyl (C=O) groups is 3. The molecule has 3 heterocycles. The summed E-state index contributed by atoms with van der Waals surface area (Å²) in [7, 11) is 0. The molecule has 0 bridgehead atoms. The Morgan fingerprint density at radius 1 is 1.13 bits per heavy atom. The van der Waals surface area contributed by atoms with Crippen LogP contribution >= 0.6 is 11.3 Å². The van der Waals surface area contributed by atoms with Gasteiger partial charge in [0.15, 0.2) is 16.3 Å². The monoisotopic (exact) mass is 433 g/mol. The Bertz CT molecular complexity index is 1360. The van der Waals surface area contributed by atoms with E-state index in [9.17, 15) is 14.4 Å². The molecule has 9 heteroatoms. The fourth-order valence-corrected chi connectivity index (χ4v) is 4.62. The average molecular weight is 433 g/mol. The number of aromatic nitrogens is 1. The summed E-state index contributed by atoms with van der Waals surface area (Å²) >= 11 is 1.31. The molecule has 2 aliphatic heterocycles. The number of hydrogen-bond acceptors (Lipinski definition) is 6. The molecule has 1 saturated heterocycles. The molecule has 154 valence electrons. The van der Waals surface area contributed by atoms with Crippen LogP contribution in [0.15, 0.2) is 41.4 Å². The van der Waals surface area contributed by atoms with Crippen molar-refractivity contribution >= 4 is 45.0 Å². The summed E-state index contributed by atoms with van der Waals surface area (Å²) in [4.78, 5) is 42.8. The first kappa shape index (κ1) is 19.1. The molecule has 0 radical (unpaired) electrons. The lowest BCUT2D eigenvalue weighted by Crippen LogP contribution is -2.28. The molecule has 3 amide bonds. The minimum Gasteiger partial charge on any atom is -0.454 e. The first-order chi connectivity index (χ1) is 15.0. The number of imide groups is 1. The van der Waals surface area contributed by atoms with Gasteiger partial charge in [0.05, 0.1) is 22.4 Å². The van der Waals surface area contributed by atoms with Gasteiger partial charge in [0.25, 0.3) is 5.91 Å². The summed E-state index contributed by atoms with van der Waals surface area (Å²) in [6.45, 7) is 0.387. The topological polar surface area (TPSA) is 90.2 Å². The zero-order valence-corrected chi connectivity index (χ0v) is 17.0. The molecule has 8 nitrogen and oxygen atoms in total. The van der Waals surface area contributed by atoms with Gasteiger partial charge in [0.1, 0.15) is 0 Å². The van der Waals surface area contributed by atoms with E-state index in [0.717, 1.165) is 15.1 Å². The minimum atomic E-state index is -0.502. The molecule has 5 rings (SSSR count). The first-order valence-electron chi connectivity index (χ1n) is 9.46. The van der Waals surface area contributed by atoms with Gasteiger partial charge < -0.3 is 14.0 Å². The second kappa shape index (κ2) is 7.41. The molecule has 0 atom stereocenters. The number of anilines is 1. The van der Waals surface area contributed by atoms with Gasteiger partial charge in [-0.1, -0.05) is 23.3 Å². The Morgan fingerprint density at radius 3 is 2.61 bits per heavy atom. The molecule has 1 aromatic heterocycles. The molecular formula is C22H15N3O5S. The highest BCUT2D eigenvalue weighted by Gasteiger charge is 2.30. The van der Waals surface area contributed by atoms with Crippen LogP contribution in [0.4, 0.5) is 5.69 Å². The third kappa shape index (κ3) is 3.27. The Balaban J connectivity index is 1.56. The van der Waals surface area contributed by atoms with Crippen LogP contribution in [0, 0.1) is 12.3 Å². The fraction of sp³-hybridized carbons (Fsp3) is 0.182. The van der Waals surface area contributed by atoms with E-state index >= 15 is 0 Å². The largest absolute Gasteiger partial charge is 0.454 e. The zero-order valence-electron chi connectivity index (χ0n) is 16.2. The van der Waals surface area contributed by atoms with Crippen molar-refractivity contribution in [3.05, 3.63) is 46.8 Å². The summed E-state index contributed by atoms with van der Waals surface area (Å²) < 4.78 is 13.5. The van der Waals surface area contributed by atoms with Crippen LogP contribution in [0.1, 0.15) is 23.2 Å². The molecule has 31 heavy (non-hydrogen) atoms. The molecule has 0 saturated carbocycles. The van der Waals surface area contributed by atoms with Crippen LogP contribution in [-0.2, 0) is 16.1 Å². The molecule has 2 aliphatic rings. The van der Waals surface area contributed by atoms with Gasteiger partial charge >= 0.3 is 0 Å². The highest BCUT2D eigenvalue weighted by atomic mass is 32.1. The number of amides is 3. The lowest BCUT2D eigenvalue weighted by Gasteiger charge is -2.14. The van der Waals surface area contributed by atoms with Gasteiger partial charge in [0, 0.05) is 30.5 Å². The lowest BCUT2D eigenvalue weighted by atomic mass is 10.2. The van der Waals surface area contributed by atoms with Crippen molar-refractivity contribution < 1.29 is 23.9 Å². The quantitative estimate of drug-likeness (QED) is 0.468. The summed E-state index contributed by atoms with van der Waals surface area (Å²) in [5.41, 5.74) is 1.43. The van der Waals surface area contributed by atoms with Crippen LogP contribution in [0.5, 0.6) is 11.5 Å². The van der Waals surface area contributed by atoms with Crippen molar-refractivity contribution in [2.45, 2.75) is 19.4 Å². The van der Waals surface area contributed by atoms with Crippen LogP contribution in [-0.4, -0.2) is 29.1 Å². The van der Waals surface area contributed by atoms with Crippen LogP contribution in [0.25, 0.3) is 10.2 Å². The molecule has 3 aromatic rings. The SMILES string of the molecule is C#CCn1c(=NC(=O)c2cccc(N3C(=O)CCC3=O)c2)sc2cc3c(cc21)OCO3. The molecule has 2 aromatic carbocycles. The van der Waals surface area contributed by atoms with E-state index < -0.39 is 5.91 Å². The van der Waals surface area contributed by atoms with Gasteiger partial charge in [-0.3, -0.25) is 19.3 Å². The maximum Gasteiger partial charge on any atom is 0.279 e. The maximum atomic E-state index is 12.9. The molecular weight excluding hydrogens is 418 g/mol. The third-order valence-corrected chi connectivity index (χ3v) is 6.07. The van der Waals surface area contributed by atoms with Crippen molar-refractivity contribution in [1.82, 2.24) is 4.57 Å². The molecule has 0 N–H and O–H groups in total. The zero-order chi connectivity index (χ0) is 21.5. The Morgan fingerprint density at radius 2 is 1.87 bits per heavy atom. The predicted molar refractivity (Wildman–Crippen MR) is 113 cm³/mol. The van der Waals surface area contributed by atoms with Crippen molar-refractivity contribution in [3.8, 4) is 23.8 Å². The average Bonchev–Trinajstić information content (AvgIpc) is 3.44. The van der Waals surface area contributed by atoms with Gasteiger partial charge in [-0.25, -0.2) is 0 Å². The van der Waals surface area contributed by atoms with E-state index in [4.69, 9.17) is 15.9 Å². The number of fused-ring (bicyclic) bond motifs is 2. The number of ether oxygens (including phenoxy) is 2. The summed E-state index contributed by atoms with van der Waals surface area (Å²) in [5, 5.41) is 0. The highest BCUT2D eigenvalue weighted by Crippen LogP contribution is 2.37. The number of benzene rings is 2. The second-order valence-corrected chi connectivity index (χ2v) is 7.95. The predicted octanol–water partition coefficient (Wildman–Crippen LogP) is 2.46. The number of nitrogens with zero attached hydrogens (tertiary/aromatic N) is 3. The molecule has 0 unspecified atom stereocenters. The summed E-state index contributed by atoms with van der Waals surface area (Å²) in [6, 6.07) is 10.00. The maximum absolute atomic E-state index is 12.9. The van der Waals surface area contributed by atoms with Gasteiger partial charge in [-0.15, -0.1) is 6.42 Å². The van der Waals surface area contributed by atoms with E-state index in [-0.39, 0.29) is 43.6 Å². The van der Waals surface area contributed by atoms with Gasteiger partial charge in [0.2, 0.25) is 18.6 Å². The Hall–Kier alpha value is -3.90. The van der Waals surface area contributed by atoms with E-state index in [0.29, 0.717) is 22.0 Å². The standard InChI is InChI=1S/C22H15N3O5S/c1-2-8-24-15-10-16-17(30-12-29-16)11-18(15)31-22(24)23-21(28)13-4-3-5-14(9-13)25-19(26)6-7-20(25)27/h1,3-5,9-11H,6-8,12H2. The third-order valence-electron chi connectivity index (χ3n) is 5.03. The number of terminal acetylenes is 1. The van der Waals surface area contributed by atoms with Crippen LogP contribution in [0.3, 0.4) is 0 Å². The van der Waals surface area contributed by atoms with E-state index in [1.54, 1.807) is 22.8 Å². The number of rotatable bonds is 3. The van der Waals surface area contributed by atoms with Crippen LogP contribution < -0.4 is 19.2 Å². The summed E-state index contributed by atoms with van der Waals surface area (Å²) in [6.07, 6.45) is 5.88. The number of thiazole rings is 1. The van der Waals surface area contributed by atoms with E-state index in [1.165, 1.54) is 17.4 Å². The van der Waals surface area contributed by atoms with Crippen molar-refractivity contribution in [1.29, 1.82) is 0 Å². The normalized spacial score (nSPS) is 15.7.